The van der Waals surface area contributed by atoms with Crippen molar-refractivity contribution in [2.45, 2.75) is 25.7 Å². The summed E-state index contributed by atoms with van der Waals surface area (Å²) in [5, 5.41) is 17.4. The maximum atomic E-state index is 12.0. The van der Waals surface area contributed by atoms with Gasteiger partial charge >= 0.3 is 0 Å². The lowest BCUT2D eigenvalue weighted by atomic mass is 10.2. The summed E-state index contributed by atoms with van der Waals surface area (Å²) in [5.41, 5.74) is 2.84. The fourth-order valence-electron chi connectivity index (χ4n) is 1.79. The minimum absolute atomic E-state index is 0.259. The van der Waals surface area contributed by atoms with Crippen LogP contribution >= 0.6 is 0 Å². The minimum Gasteiger partial charge on any atom is -0.318 e. The number of hydrogen-bond acceptors (Lipinski definition) is 4. The zero-order chi connectivity index (χ0) is 12.5. The summed E-state index contributed by atoms with van der Waals surface area (Å²) < 4.78 is 0. The number of carbonyl (C=O) groups is 1. The summed E-state index contributed by atoms with van der Waals surface area (Å²) in [4.78, 5) is 12.0. The molecule has 18 heavy (non-hydrogen) atoms. The van der Waals surface area contributed by atoms with Crippen LogP contribution in [0.4, 0.5) is 5.69 Å². The summed E-state index contributed by atoms with van der Waals surface area (Å²) in [7, 11) is 0. The first-order valence-electron chi connectivity index (χ1n) is 5.89. The van der Waals surface area contributed by atoms with Crippen LogP contribution in [-0.2, 0) is 0 Å². The number of carbonyl (C=O) groups excluding carboxylic acids is 1. The van der Waals surface area contributed by atoms with Crippen LogP contribution in [0.3, 0.4) is 0 Å². The van der Waals surface area contributed by atoms with Gasteiger partial charge in [-0.1, -0.05) is 0 Å². The van der Waals surface area contributed by atoms with E-state index in [0.717, 1.165) is 29.9 Å². The first-order chi connectivity index (χ1) is 8.74. The van der Waals surface area contributed by atoms with Gasteiger partial charge in [-0.05, 0) is 31.9 Å². The second-order valence-corrected chi connectivity index (χ2v) is 4.49. The Hall–Kier alpha value is -2.24. The van der Waals surface area contributed by atoms with Crippen molar-refractivity contribution in [2.75, 3.05) is 5.32 Å². The highest BCUT2D eigenvalue weighted by Crippen LogP contribution is 2.42. The van der Waals surface area contributed by atoms with Crippen LogP contribution in [0.5, 0.6) is 0 Å². The van der Waals surface area contributed by atoms with Gasteiger partial charge in [-0.2, -0.15) is 10.2 Å². The molecule has 0 aliphatic heterocycles. The third-order valence-corrected chi connectivity index (χ3v) is 2.93. The average Bonchev–Trinajstić information content (AvgIpc) is 3.11. The Morgan fingerprint density at radius 2 is 2.22 bits per heavy atom. The Morgan fingerprint density at radius 3 is 2.89 bits per heavy atom. The van der Waals surface area contributed by atoms with E-state index in [2.05, 4.69) is 25.7 Å². The molecule has 1 amide bonds. The van der Waals surface area contributed by atoms with Crippen molar-refractivity contribution in [2.24, 2.45) is 0 Å². The summed E-state index contributed by atoms with van der Waals surface area (Å²) >= 11 is 0. The smallest absolute Gasteiger partial charge is 0.276 e. The Balaban J connectivity index is 1.77. The summed E-state index contributed by atoms with van der Waals surface area (Å²) in [5.74, 6) is 0.248. The lowest BCUT2D eigenvalue weighted by molar-refractivity contribution is 0.102. The van der Waals surface area contributed by atoms with E-state index in [9.17, 15) is 4.79 Å². The van der Waals surface area contributed by atoms with E-state index < -0.39 is 0 Å². The maximum Gasteiger partial charge on any atom is 0.276 e. The van der Waals surface area contributed by atoms with E-state index >= 15 is 0 Å². The molecule has 1 aliphatic carbocycles. The number of aromatic nitrogens is 4. The molecule has 2 aromatic rings. The van der Waals surface area contributed by atoms with Gasteiger partial charge in [-0.25, -0.2) is 0 Å². The average molecular weight is 243 g/mol. The van der Waals surface area contributed by atoms with Crippen molar-refractivity contribution in [1.82, 2.24) is 20.4 Å². The quantitative estimate of drug-likeness (QED) is 0.858. The first-order valence-corrected chi connectivity index (χ1v) is 5.89. The molecule has 1 fully saturated rings. The summed E-state index contributed by atoms with van der Waals surface area (Å²) in [6.45, 7) is 1.83. The van der Waals surface area contributed by atoms with Crippen molar-refractivity contribution >= 4 is 11.6 Å². The SMILES string of the molecule is Cc1ccc(C(=O)Nc2cn[nH]c2C2CC2)nn1. The standard InChI is InChI=1S/C12H13N5O/c1-7-2-5-9(16-15-7)12(18)14-10-6-13-17-11(10)8-3-4-8/h2,5-6,8H,3-4H2,1H3,(H,13,17)(H,14,18). The van der Waals surface area contributed by atoms with E-state index in [-0.39, 0.29) is 5.91 Å². The number of nitrogens with zero attached hydrogens (tertiary/aromatic N) is 3. The molecule has 1 saturated carbocycles. The molecule has 0 atom stereocenters. The fraction of sp³-hybridized carbons (Fsp3) is 0.333. The molecule has 92 valence electrons. The number of amides is 1. The predicted octanol–water partition coefficient (Wildman–Crippen LogP) is 1.64. The first kappa shape index (κ1) is 10.9. The number of rotatable bonds is 3. The molecule has 2 N–H and O–H groups in total. The molecular weight excluding hydrogens is 230 g/mol. The third kappa shape index (κ3) is 2.09. The van der Waals surface area contributed by atoms with Gasteiger partial charge < -0.3 is 5.32 Å². The van der Waals surface area contributed by atoms with Gasteiger partial charge in [-0.3, -0.25) is 9.89 Å². The van der Waals surface area contributed by atoms with Gasteiger partial charge in [0.05, 0.1) is 23.3 Å². The minimum atomic E-state index is -0.259. The van der Waals surface area contributed by atoms with Gasteiger partial charge in [0.2, 0.25) is 0 Å². The van der Waals surface area contributed by atoms with E-state index in [1.165, 1.54) is 0 Å². The van der Waals surface area contributed by atoms with Crippen LogP contribution in [0.25, 0.3) is 0 Å². The van der Waals surface area contributed by atoms with Gasteiger partial charge in [0.25, 0.3) is 5.91 Å². The topological polar surface area (TPSA) is 83.6 Å². The number of nitrogens with one attached hydrogen (secondary N) is 2. The van der Waals surface area contributed by atoms with Crippen LogP contribution < -0.4 is 5.32 Å². The molecule has 0 saturated heterocycles. The van der Waals surface area contributed by atoms with Gasteiger partial charge in [0.15, 0.2) is 5.69 Å². The molecule has 0 spiro atoms. The van der Waals surface area contributed by atoms with Crippen LogP contribution in [-0.4, -0.2) is 26.3 Å². The lowest BCUT2D eigenvalue weighted by Crippen LogP contribution is -2.15. The largest absolute Gasteiger partial charge is 0.318 e. The van der Waals surface area contributed by atoms with Gasteiger partial charge in [0, 0.05) is 5.92 Å². The van der Waals surface area contributed by atoms with Crippen LogP contribution in [0.1, 0.15) is 40.6 Å². The Bertz CT molecular complexity index is 570. The van der Waals surface area contributed by atoms with Crippen molar-refractivity contribution in [1.29, 1.82) is 0 Å². The molecule has 2 aromatic heterocycles. The van der Waals surface area contributed by atoms with Crippen LogP contribution in [0, 0.1) is 6.92 Å². The van der Waals surface area contributed by atoms with Crippen LogP contribution in [0.2, 0.25) is 0 Å². The van der Waals surface area contributed by atoms with Gasteiger partial charge in [-0.15, -0.1) is 5.10 Å². The fourth-order valence-corrected chi connectivity index (χ4v) is 1.79. The van der Waals surface area contributed by atoms with Crippen LogP contribution in [0.15, 0.2) is 18.3 Å². The number of aromatic amines is 1. The molecule has 2 heterocycles. The van der Waals surface area contributed by atoms with E-state index in [1.54, 1.807) is 18.3 Å². The molecular formula is C12H13N5O. The van der Waals surface area contributed by atoms with Crippen molar-refractivity contribution < 1.29 is 4.79 Å². The molecule has 0 radical (unpaired) electrons. The highest BCUT2D eigenvalue weighted by Gasteiger charge is 2.28. The zero-order valence-electron chi connectivity index (χ0n) is 9.97. The van der Waals surface area contributed by atoms with E-state index in [1.807, 2.05) is 6.92 Å². The number of H-pyrrole nitrogens is 1. The molecule has 1 aliphatic rings. The summed E-state index contributed by atoms with van der Waals surface area (Å²) in [6, 6.07) is 3.42. The van der Waals surface area contributed by atoms with Gasteiger partial charge in [0.1, 0.15) is 0 Å². The van der Waals surface area contributed by atoms with Crippen molar-refractivity contribution in [3.8, 4) is 0 Å². The molecule has 3 rings (SSSR count). The highest BCUT2D eigenvalue weighted by molar-refractivity contribution is 6.03. The molecule has 0 aromatic carbocycles. The molecule has 6 heteroatoms. The van der Waals surface area contributed by atoms with E-state index in [4.69, 9.17) is 0 Å². The monoisotopic (exact) mass is 243 g/mol. The number of aryl methyl sites for hydroxylation is 1. The summed E-state index contributed by atoms with van der Waals surface area (Å²) in [6.07, 6.45) is 3.93. The third-order valence-electron chi connectivity index (χ3n) is 2.93. The maximum absolute atomic E-state index is 12.0. The Kier molecular flexibility index (Phi) is 2.55. The molecule has 0 unspecified atom stereocenters. The molecule has 0 bridgehead atoms. The van der Waals surface area contributed by atoms with Crippen molar-refractivity contribution in [3.63, 3.8) is 0 Å². The second-order valence-electron chi connectivity index (χ2n) is 4.49. The highest BCUT2D eigenvalue weighted by atomic mass is 16.1. The van der Waals surface area contributed by atoms with Crippen molar-refractivity contribution in [3.05, 3.63) is 35.4 Å². The number of anilines is 1. The van der Waals surface area contributed by atoms with E-state index in [0.29, 0.717) is 11.6 Å². The second kappa shape index (κ2) is 4.21. The Labute approximate surface area is 104 Å². The number of hydrogen-bond donors (Lipinski definition) is 2. The zero-order valence-corrected chi connectivity index (χ0v) is 9.97. The lowest BCUT2D eigenvalue weighted by Gasteiger charge is -2.04. The Morgan fingerprint density at radius 1 is 1.39 bits per heavy atom. The predicted molar refractivity (Wildman–Crippen MR) is 65.3 cm³/mol. The normalized spacial score (nSPS) is 14.5. The molecule has 6 nitrogen and oxygen atoms in total.